The minimum atomic E-state index is -0.228. The number of para-hydroxylation sites is 1. The molecule has 1 aromatic heterocycles. The van der Waals surface area contributed by atoms with Crippen molar-refractivity contribution >= 4 is 51.3 Å². The van der Waals surface area contributed by atoms with Gasteiger partial charge in [-0.15, -0.1) is 0 Å². The van der Waals surface area contributed by atoms with Crippen LogP contribution in [0.5, 0.6) is 0 Å². The summed E-state index contributed by atoms with van der Waals surface area (Å²) in [6, 6.07) is 24.5. The van der Waals surface area contributed by atoms with Crippen LogP contribution < -0.4 is 5.32 Å². The molecular weight excluding hydrogens is 484 g/mol. The first-order valence-corrected chi connectivity index (χ1v) is 10.7. The van der Waals surface area contributed by atoms with E-state index < -0.39 is 0 Å². The van der Waals surface area contributed by atoms with E-state index in [2.05, 4.69) is 26.3 Å². The van der Waals surface area contributed by atoms with Crippen LogP contribution in [0, 0.1) is 4.77 Å². The highest BCUT2D eigenvalue weighted by molar-refractivity contribution is 9.10. The van der Waals surface area contributed by atoms with Gasteiger partial charge in [0.2, 0.25) is 10.7 Å². The molecular formula is C22H16BrClN4OS. The summed E-state index contributed by atoms with van der Waals surface area (Å²) in [6.45, 7) is -0.00911. The van der Waals surface area contributed by atoms with Crippen LogP contribution in [0.2, 0.25) is 5.02 Å². The van der Waals surface area contributed by atoms with E-state index in [0.29, 0.717) is 21.3 Å². The third-order valence-electron chi connectivity index (χ3n) is 4.38. The molecule has 1 N–H and O–H groups in total. The number of nitrogens with zero attached hydrogens (tertiary/aromatic N) is 3. The normalized spacial score (nSPS) is 10.7. The van der Waals surface area contributed by atoms with Crippen molar-refractivity contribution in [1.82, 2.24) is 14.3 Å². The Labute approximate surface area is 192 Å². The molecule has 150 valence electrons. The number of carbonyl (C=O) groups excluding carboxylic acids is 1. The lowest BCUT2D eigenvalue weighted by Gasteiger charge is -2.07. The van der Waals surface area contributed by atoms with Gasteiger partial charge >= 0.3 is 0 Å². The third kappa shape index (κ3) is 4.53. The predicted molar refractivity (Wildman–Crippen MR) is 126 cm³/mol. The minimum absolute atomic E-state index is 0.00911. The Balaban J connectivity index is 1.70. The Morgan fingerprint density at radius 2 is 1.67 bits per heavy atom. The van der Waals surface area contributed by atoms with Gasteiger partial charge in [0.25, 0.3) is 0 Å². The summed E-state index contributed by atoms with van der Waals surface area (Å²) in [5.74, 6) is 0.437. The number of aromatic nitrogens is 3. The number of carbonyl (C=O) groups is 1. The van der Waals surface area contributed by atoms with Gasteiger partial charge in [-0.1, -0.05) is 57.9 Å². The zero-order valence-electron chi connectivity index (χ0n) is 15.6. The first-order valence-electron chi connectivity index (χ1n) is 9.08. The summed E-state index contributed by atoms with van der Waals surface area (Å²) in [5.41, 5.74) is 2.43. The molecule has 0 saturated carbocycles. The Hall–Kier alpha value is -2.74. The van der Waals surface area contributed by atoms with Gasteiger partial charge in [-0.2, -0.15) is 5.10 Å². The van der Waals surface area contributed by atoms with Crippen LogP contribution >= 0.6 is 39.7 Å². The SMILES string of the molecule is O=C(Cn1nc(-c2ccc(Br)cc2)n(-c2ccccc2)c1=S)Nc1ccc(Cl)cc1. The van der Waals surface area contributed by atoms with E-state index in [0.717, 1.165) is 15.7 Å². The molecule has 5 nitrogen and oxygen atoms in total. The molecule has 0 fully saturated rings. The lowest BCUT2D eigenvalue weighted by Crippen LogP contribution is -2.19. The fourth-order valence-electron chi connectivity index (χ4n) is 2.98. The van der Waals surface area contributed by atoms with E-state index in [1.54, 1.807) is 24.3 Å². The molecule has 0 spiro atoms. The number of halogens is 2. The molecule has 8 heteroatoms. The van der Waals surface area contributed by atoms with E-state index in [9.17, 15) is 4.79 Å². The van der Waals surface area contributed by atoms with Crippen LogP contribution in [0.4, 0.5) is 5.69 Å². The summed E-state index contributed by atoms with van der Waals surface area (Å²) in [5, 5.41) is 8.11. The van der Waals surface area contributed by atoms with Gasteiger partial charge in [0, 0.05) is 26.4 Å². The number of rotatable bonds is 5. The maximum atomic E-state index is 12.6. The second kappa shape index (κ2) is 8.95. The molecule has 30 heavy (non-hydrogen) atoms. The molecule has 0 saturated heterocycles. The molecule has 0 aliphatic heterocycles. The summed E-state index contributed by atoms with van der Waals surface area (Å²) in [7, 11) is 0. The fourth-order valence-corrected chi connectivity index (χ4v) is 3.66. The van der Waals surface area contributed by atoms with Crippen molar-refractivity contribution in [3.63, 3.8) is 0 Å². The van der Waals surface area contributed by atoms with Gasteiger partial charge < -0.3 is 5.32 Å². The second-order valence-corrected chi connectivity index (χ2v) is 8.21. The van der Waals surface area contributed by atoms with Gasteiger partial charge in [-0.25, -0.2) is 4.68 Å². The molecule has 3 aromatic carbocycles. The molecule has 1 amide bonds. The topological polar surface area (TPSA) is 51.9 Å². The van der Waals surface area contributed by atoms with E-state index >= 15 is 0 Å². The van der Waals surface area contributed by atoms with E-state index in [4.69, 9.17) is 23.8 Å². The Kier molecular flexibility index (Phi) is 6.13. The predicted octanol–water partition coefficient (Wildman–Crippen LogP) is 6.12. The third-order valence-corrected chi connectivity index (χ3v) is 5.55. The van der Waals surface area contributed by atoms with E-state index in [1.165, 1.54) is 4.68 Å². The molecule has 1 heterocycles. The van der Waals surface area contributed by atoms with Crippen LogP contribution in [-0.2, 0) is 11.3 Å². The molecule has 4 rings (SSSR count). The largest absolute Gasteiger partial charge is 0.324 e. The first kappa shape index (κ1) is 20.5. The summed E-state index contributed by atoms with van der Waals surface area (Å²) < 4.78 is 4.81. The number of anilines is 1. The molecule has 0 aliphatic rings. The molecule has 0 unspecified atom stereocenters. The van der Waals surface area contributed by atoms with Crippen LogP contribution in [-0.4, -0.2) is 20.3 Å². The van der Waals surface area contributed by atoms with Crippen LogP contribution in [0.25, 0.3) is 17.1 Å². The number of nitrogens with one attached hydrogen (secondary N) is 1. The zero-order chi connectivity index (χ0) is 21.1. The highest BCUT2D eigenvalue weighted by atomic mass is 79.9. The van der Waals surface area contributed by atoms with Gasteiger partial charge in [0.1, 0.15) is 6.54 Å². The maximum Gasteiger partial charge on any atom is 0.246 e. The standard InChI is InChI=1S/C22H16BrClN4OS/c23-16-8-6-15(7-9-16)21-26-27(22(30)28(21)19-4-2-1-3-5-19)14-20(29)25-18-12-10-17(24)11-13-18/h1-13H,14H2,(H,25,29). The van der Waals surface area contributed by atoms with Crippen molar-refractivity contribution in [1.29, 1.82) is 0 Å². The van der Waals surface area contributed by atoms with Crippen molar-refractivity contribution < 1.29 is 4.79 Å². The van der Waals surface area contributed by atoms with Gasteiger partial charge in [0.15, 0.2) is 5.82 Å². The first-order chi connectivity index (χ1) is 14.5. The lowest BCUT2D eigenvalue weighted by molar-refractivity contribution is -0.116. The fraction of sp³-hybridized carbons (Fsp3) is 0.0455. The number of benzene rings is 3. The molecule has 0 radical (unpaired) electrons. The minimum Gasteiger partial charge on any atom is -0.324 e. The average molecular weight is 500 g/mol. The Morgan fingerprint density at radius 3 is 2.33 bits per heavy atom. The number of hydrogen-bond donors (Lipinski definition) is 1. The van der Waals surface area contributed by atoms with Crippen molar-refractivity contribution in [2.75, 3.05) is 5.32 Å². The summed E-state index contributed by atoms with van der Waals surface area (Å²) in [4.78, 5) is 12.6. The summed E-state index contributed by atoms with van der Waals surface area (Å²) >= 11 is 15.0. The smallest absolute Gasteiger partial charge is 0.246 e. The van der Waals surface area contributed by atoms with Gasteiger partial charge in [-0.3, -0.25) is 9.36 Å². The highest BCUT2D eigenvalue weighted by Gasteiger charge is 2.16. The number of hydrogen-bond acceptors (Lipinski definition) is 3. The van der Waals surface area contributed by atoms with Gasteiger partial charge in [0.05, 0.1) is 0 Å². The van der Waals surface area contributed by atoms with Crippen molar-refractivity contribution in [2.45, 2.75) is 6.54 Å². The molecule has 4 aromatic rings. The van der Waals surface area contributed by atoms with Crippen molar-refractivity contribution in [3.8, 4) is 17.1 Å². The summed E-state index contributed by atoms with van der Waals surface area (Å²) in [6.07, 6.45) is 0. The average Bonchev–Trinajstić information content (AvgIpc) is 3.07. The highest BCUT2D eigenvalue weighted by Crippen LogP contribution is 2.24. The van der Waals surface area contributed by atoms with Crippen LogP contribution in [0.1, 0.15) is 0 Å². The van der Waals surface area contributed by atoms with Crippen LogP contribution in [0.3, 0.4) is 0 Å². The van der Waals surface area contributed by atoms with Crippen molar-refractivity contribution in [2.24, 2.45) is 0 Å². The lowest BCUT2D eigenvalue weighted by atomic mass is 10.2. The molecule has 0 atom stereocenters. The quantitative estimate of drug-likeness (QED) is 0.336. The second-order valence-electron chi connectivity index (χ2n) is 6.50. The molecule has 0 aliphatic carbocycles. The van der Waals surface area contributed by atoms with Gasteiger partial charge in [-0.05, 0) is 60.7 Å². The monoisotopic (exact) mass is 498 g/mol. The van der Waals surface area contributed by atoms with E-state index in [-0.39, 0.29) is 12.5 Å². The Bertz CT molecular complexity index is 1240. The maximum absolute atomic E-state index is 12.6. The molecule has 0 bridgehead atoms. The number of amides is 1. The zero-order valence-corrected chi connectivity index (χ0v) is 18.8. The Morgan fingerprint density at radius 1 is 1.00 bits per heavy atom. The van der Waals surface area contributed by atoms with Crippen LogP contribution in [0.15, 0.2) is 83.3 Å². The van der Waals surface area contributed by atoms with Crippen molar-refractivity contribution in [3.05, 3.63) is 93.1 Å². The van der Waals surface area contributed by atoms with E-state index in [1.807, 2.05) is 59.2 Å².